The van der Waals surface area contributed by atoms with E-state index in [1.807, 2.05) is 13.8 Å². The lowest BCUT2D eigenvalue weighted by molar-refractivity contribution is -0.132. The molecule has 0 radical (unpaired) electrons. The molecular formula is C33H46N6O8. The second kappa shape index (κ2) is 18.1. The van der Waals surface area contributed by atoms with Gasteiger partial charge in [-0.2, -0.15) is 0 Å². The topological polar surface area (TPSA) is 218 Å². The van der Waals surface area contributed by atoms with Crippen LogP contribution in [0.15, 0.2) is 54.6 Å². The normalized spacial score (nSPS) is 13.0. The minimum Gasteiger partial charge on any atom is -0.508 e. The van der Waals surface area contributed by atoms with Crippen molar-refractivity contribution in [3.63, 3.8) is 0 Å². The molecule has 14 heteroatoms. The molecule has 0 unspecified atom stereocenters. The molecule has 2 aromatic carbocycles. The number of hydrogen-bond acceptors (Lipinski definition) is 8. The quantitative estimate of drug-likeness (QED) is 0.137. The average Bonchev–Trinajstić information content (AvgIpc) is 2.98. The molecule has 2 rings (SSSR count). The van der Waals surface area contributed by atoms with Crippen LogP contribution in [0.3, 0.4) is 0 Å². The van der Waals surface area contributed by atoms with Crippen LogP contribution < -0.4 is 32.3 Å². The molecule has 47 heavy (non-hydrogen) atoms. The van der Waals surface area contributed by atoms with Crippen LogP contribution in [0.4, 0.5) is 4.79 Å². The van der Waals surface area contributed by atoms with Crippen molar-refractivity contribution in [2.24, 2.45) is 11.7 Å². The summed E-state index contributed by atoms with van der Waals surface area (Å²) in [7, 11) is 0. The van der Waals surface area contributed by atoms with Crippen molar-refractivity contribution in [1.29, 1.82) is 0 Å². The highest BCUT2D eigenvalue weighted by Crippen LogP contribution is 2.13. The van der Waals surface area contributed by atoms with E-state index in [1.54, 1.807) is 63.2 Å². The third kappa shape index (κ3) is 15.1. The van der Waals surface area contributed by atoms with Gasteiger partial charge in [0.15, 0.2) is 0 Å². The molecule has 0 saturated heterocycles. The molecule has 0 aromatic heterocycles. The van der Waals surface area contributed by atoms with Crippen molar-refractivity contribution >= 4 is 35.6 Å². The van der Waals surface area contributed by atoms with Gasteiger partial charge in [0.2, 0.25) is 29.5 Å². The van der Waals surface area contributed by atoms with Crippen LogP contribution >= 0.6 is 0 Å². The molecule has 14 nitrogen and oxygen atoms in total. The van der Waals surface area contributed by atoms with Crippen molar-refractivity contribution in [3.05, 3.63) is 65.7 Å². The molecule has 8 N–H and O–H groups in total. The highest BCUT2D eigenvalue weighted by molar-refractivity contribution is 5.94. The maximum absolute atomic E-state index is 13.1. The Kier molecular flexibility index (Phi) is 14.7. The zero-order chi connectivity index (χ0) is 35.1. The van der Waals surface area contributed by atoms with Crippen LogP contribution in [0.2, 0.25) is 0 Å². The van der Waals surface area contributed by atoms with Crippen molar-refractivity contribution in [3.8, 4) is 5.75 Å². The number of nitrogens with two attached hydrogens (primary N) is 1. The number of primary amides is 1. The van der Waals surface area contributed by atoms with E-state index in [0.717, 1.165) is 5.56 Å². The van der Waals surface area contributed by atoms with Crippen LogP contribution in [-0.2, 0) is 41.6 Å². The van der Waals surface area contributed by atoms with Crippen LogP contribution in [0.5, 0.6) is 5.75 Å². The van der Waals surface area contributed by atoms with Crippen molar-refractivity contribution < 1.29 is 38.6 Å². The van der Waals surface area contributed by atoms with Gasteiger partial charge in [-0.1, -0.05) is 56.3 Å². The number of alkyl carbamates (subject to hydrolysis) is 1. The van der Waals surface area contributed by atoms with E-state index in [-0.39, 0.29) is 24.5 Å². The summed E-state index contributed by atoms with van der Waals surface area (Å²) in [6.07, 6.45) is -0.368. The molecule has 0 spiro atoms. The summed E-state index contributed by atoms with van der Waals surface area (Å²) in [6, 6.07) is 11.9. The molecule has 0 saturated carbocycles. The summed E-state index contributed by atoms with van der Waals surface area (Å²) in [5.74, 6) is -3.28. The number of nitrogens with one attached hydrogen (secondary N) is 5. The Morgan fingerprint density at radius 2 is 1.28 bits per heavy atom. The Hall–Kier alpha value is -5.14. The Bertz CT molecular complexity index is 1380. The molecule has 0 fully saturated rings. The highest BCUT2D eigenvalue weighted by Gasteiger charge is 2.28. The molecule has 2 aromatic rings. The zero-order valence-corrected chi connectivity index (χ0v) is 27.4. The van der Waals surface area contributed by atoms with Gasteiger partial charge in [0, 0.05) is 12.8 Å². The summed E-state index contributed by atoms with van der Waals surface area (Å²) >= 11 is 0. The van der Waals surface area contributed by atoms with Crippen LogP contribution in [0, 0.1) is 5.92 Å². The van der Waals surface area contributed by atoms with Gasteiger partial charge in [-0.3, -0.25) is 24.0 Å². The number of hydrogen-bond donors (Lipinski definition) is 7. The van der Waals surface area contributed by atoms with E-state index in [2.05, 4.69) is 26.6 Å². The van der Waals surface area contributed by atoms with Gasteiger partial charge in [0.25, 0.3) is 0 Å². The second-order valence-corrected chi connectivity index (χ2v) is 12.5. The third-order valence-electron chi connectivity index (χ3n) is 6.55. The maximum atomic E-state index is 13.1. The lowest BCUT2D eigenvalue weighted by Crippen LogP contribution is -2.55. The molecule has 0 heterocycles. The largest absolute Gasteiger partial charge is 0.508 e. The molecule has 6 amide bonds. The zero-order valence-electron chi connectivity index (χ0n) is 27.4. The first-order valence-corrected chi connectivity index (χ1v) is 15.3. The van der Waals surface area contributed by atoms with Crippen molar-refractivity contribution in [2.45, 2.75) is 77.6 Å². The smallest absolute Gasteiger partial charge is 0.408 e. The Morgan fingerprint density at radius 1 is 0.723 bits per heavy atom. The highest BCUT2D eigenvalue weighted by atomic mass is 16.6. The summed E-state index contributed by atoms with van der Waals surface area (Å²) in [4.78, 5) is 75.8. The number of amides is 6. The molecule has 256 valence electrons. The molecule has 0 aliphatic carbocycles. The van der Waals surface area contributed by atoms with Gasteiger partial charge in [0.1, 0.15) is 29.5 Å². The summed E-state index contributed by atoms with van der Waals surface area (Å²) in [6.45, 7) is 7.74. The molecule has 0 aliphatic heterocycles. The van der Waals surface area contributed by atoms with Crippen LogP contribution in [0.25, 0.3) is 0 Å². The minimum absolute atomic E-state index is 0.0311. The predicted octanol–water partition coefficient (Wildman–Crippen LogP) is 0.804. The van der Waals surface area contributed by atoms with E-state index in [1.165, 1.54) is 12.1 Å². The van der Waals surface area contributed by atoms with Gasteiger partial charge in [-0.05, 0) is 56.4 Å². The monoisotopic (exact) mass is 654 g/mol. The molecular weight excluding hydrogens is 608 g/mol. The Balaban J connectivity index is 2.00. The number of phenols is 1. The number of benzene rings is 2. The van der Waals surface area contributed by atoms with Crippen LogP contribution in [-0.4, -0.2) is 77.6 Å². The first-order chi connectivity index (χ1) is 22.0. The third-order valence-corrected chi connectivity index (χ3v) is 6.55. The van der Waals surface area contributed by atoms with Crippen molar-refractivity contribution in [1.82, 2.24) is 26.6 Å². The fourth-order valence-electron chi connectivity index (χ4n) is 4.35. The second-order valence-electron chi connectivity index (χ2n) is 12.5. The van der Waals surface area contributed by atoms with Crippen molar-refractivity contribution in [2.75, 3.05) is 13.1 Å². The number of rotatable bonds is 16. The fraction of sp³-hybridized carbons (Fsp3) is 0.455. The number of carbonyl (C=O) groups excluding carboxylic acids is 6. The Morgan fingerprint density at radius 3 is 1.83 bits per heavy atom. The summed E-state index contributed by atoms with van der Waals surface area (Å²) < 4.78 is 5.26. The SMILES string of the molecule is CC(C)C[C@H](NC(=O)[C@H](Cc1ccccc1)NC(=O)CNC(=O)CNC(=O)[C@H](Cc1ccc(O)cc1)NC(=O)OC(C)(C)C)C(N)=O. The summed E-state index contributed by atoms with van der Waals surface area (Å²) in [5.41, 5.74) is 6.03. The van der Waals surface area contributed by atoms with E-state index < -0.39 is 72.4 Å². The average molecular weight is 655 g/mol. The lowest BCUT2D eigenvalue weighted by Gasteiger charge is -2.23. The predicted molar refractivity (Wildman–Crippen MR) is 174 cm³/mol. The van der Waals surface area contributed by atoms with E-state index in [9.17, 15) is 33.9 Å². The van der Waals surface area contributed by atoms with Gasteiger partial charge in [-0.25, -0.2) is 4.79 Å². The number of phenolic OH excluding ortho intramolecular Hbond substituents is 1. The van der Waals surface area contributed by atoms with Crippen LogP contribution in [0.1, 0.15) is 52.2 Å². The number of aromatic hydroxyl groups is 1. The standard InChI is InChI=1S/C33H46N6O8/c1-20(2)15-24(29(34)43)38-31(45)26(16-21-9-7-6-8-10-21)37-28(42)19-35-27(41)18-36-30(44)25(39-32(46)47-33(3,4)5)17-22-11-13-23(40)14-12-22/h6-14,20,24-26,40H,15-19H2,1-5H3,(H2,34,43)(H,35,41)(H,36,44)(H,37,42)(H,38,45)(H,39,46)/t24-,25-,26-/m0/s1. The number of ether oxygens (including phenoxy) is 1. The molecule has 3 atom stereocenters. The van der Waals surface area contributed by atoms with E-state index in [4.69, 9.17) is 10.5 Å². The van der Waals surface area contributed by atoms with Gasteiger partial charge < -0.3 is 42.2 Å². The van der Waals surface area contributed by atoms with E-state index in [0.29, 0.717) is 12.0 Å². The fourth-order valence-corrected chi connectivity index (χ4v) is 4.35. The first kappa shape index (κ1) is 38.0. The van der Waals surface area contributed by atoms with Gasteiger partial charge in [-0.15, -0.1) is 0 Å². The summed E-state index contributed by atoms with van der Waals surface area (Å²) in [5, 5.41) is 22.1. The van der Waals surface area contributed by atoms with E-state index >= 15 is 0 Å². The Labute approximate surface area is 274 Å². The van der Waals surface area contributed by atoms with Gasteiger partial charge in [0.05, 0.1) is 13.1 Å². The lowest BCUT2D eigenvalue weighted by atomic mass is 10.0. The minimum atomic E-state index is -1.12. The first-order valence-electron chi connectivity index (χ1n) is 15.3. The molecule has 0 bridgehead atoms. The maximum Gasteiger partial charge on any atom is 0.408 e. The van der Waals surface area contributed by atoms with Gasteiger partial charge >= 0.3 is 6.09 Å². The molecule has 0 aliphatic rings. The number of carbonyl (C=O) groups is 6.